The van der Waals surface area contributed by atoms with Gasteiger partial charge in [-0.25, -0.2) is 4.79 Å². The number of hydrogen-bond acceptors (Lipinski definition) is 3. The van der Waals surface area contributed by atoms with Crippen molar-refractivity contribution in [3.05, 3.63) is 51.7 Å². The first-order chi connectivity index (χ1) is 9.79. The van der Waals surface area contributed by atoms with Crippen LogP contribution < -0.4 is 4.90 Å². The van der Waals surface area contributed by atoms with Crippen LogP contribution in [0.3, 0.4) is 0 Å². The Labute approximate surface area is 123 Å². The van der Waals surface area contributed by atoms with Gasteiger partial charge >= 0.3 is 12.1 Å². The van der Waals surface area contributed by atoms with Gasteiger partial charge in [-0.3, -0.25) is 0 Å². The van der Waals surface area contributed by atoms with Gasteiger partial charge in [0.15, 0.2) is 0 Å². The molecule has 0 aliphatic heterocycles. The molecule has 0 unspecified atom stereocenters. The molecular weight excluding hydrogens is 303 g/mol. The van der Waals surface area contributed by atoms with Gasteiger partial charge in [0.25, 0.3) is 0 Å². The zero-order valence-electron chi connectivity index (χ0n) is 11.0. The third-order valence-corrected chi connectivity index (χ3v) is 3.81. The van der Waals surface area contributed by atoms with Crippen LogP contribution in [0.25, 0.3) is 0 Å². The first-order valence-corrected chi connectivity index (χ1v) is 6.85. The van der Waals surface area contributed by atoms with Crippen LogP contribution in [-0.2, 0) is 12.7 Å². The van der Waals surface area contributed by atoms with Gasteiger partial charge in [-0.15, -0.1) is 11.3 Å². The van der Waals surface area contributed by atoms with Gasteiger partial charge in [-0.1, -0.05) is 6.07 Å². The van der Waals surface area contributed by atoms with E-state index in [9.17, 15) is 18.0 Å². The molecule has 1 N–H and O–H groups in total. The molecule has 0 amide bonds. The molecule has 1 aromatic heterocycles. The van der Waals surface area contributed by atoms with Gasteiger partial charge in [-0.05, 0) is 29.6 Å². The highest BCUT2D eigenvalue weighted by atomic mass is 32.1. The highest BCUT2D eigenvalue weighted by molar-refractivity contribution is 7.09. The number of aromatic carboxylic acids is 1. The number of hydrogen-bond donors (Lipinski definition) is 1. The number of carbonyl (C=O) groups is 1. The second-order valence-corrected chi connectivity index (χ2v) is 5.50. The van der Waals surface area contributed by atoms with E-state index in [0.29, 0.717) is 12.2 Å². The number of thiophene rings is 1. The second kappa shape index (κ2) is 5.77. The fourth-order valence-corrected chi connectivity index (χ4v) is 2.68. The summed E-state index contributed by atoms with van der Waals surface area (Å²) in [5.74, 6) is -1.59. The van der Waals surface area contributed by atoms with Crippen LogP contribution in [0.2, 0.25) is 0 Å². The molecule has 2 rings (SSSR count). The quantitative estimate of drug-likeness (QED) is 0.923. The minimum Gasteiger partial charge on any atom is -0.478 e. The summed E-state index contributed by atoms with van der Waals surface area (Å²) in [6.45, 7) is 0.460. The molecule has 0 bridgehead atoms. The molecular formula is C14H12F3NO2S. The molecule has 0 atom stereocenters. The largest absolute Gasteiger partial charge is 0.478 e. The molecule has 21 heavy (non-hydrogen) atoms. The minimum absolute atomic E-state index is 0.320. The Kier molecular flexibility index (Phi) is 4.22. The van der Waals surface area contributed by atoms with Crippen LogP contribution in [0.5, 0.6) is 0 Å². The molecule has 0 radical (unpaired) electrons. The van der Waals surface area contributed by atoms with Crippen molar-refractivity contribution in [3.8, 4) is 0 Å². The number of anilines is 1. The van der Waals surface area contributed by atoms with Crippen LogP contribution in [0.4, 0.5) is 18.9 Å². The number of halogens is 3. The average Bonchev–Trinajstić information content (AvgIpc) is 2.89. The second-order valence-electron chi connectivity index (χ2n) is 4.47. The molecule has 0 aliphatic rings. The lowest BCUT2D eigenvalue weighted by molar-refractivity contribution is -0.138. The molecule has 0 aliphatic carbocycles. The number of carboxylic acids is 1. The first kappa shape index (κ1) is 15.4. The number of alkyl halides is 3. The van der Waals surface area contributed by atoms with Gasteiger partial charge in [0, 0.05) is 17.6 Å². The fraction of sp³-hybridized carbons (Fsp3) is 0.214. The Balaban J connectivity index is 2.35. The molecule has 0 saturated carbocycles. The highest BCUT2D eigenvalue weighted by Crippen LogP contribution is 2.34. The summed E-state index contributed by atoms with van der Waals surface area (Å²) >= 11 is 1.51. The maximum atomic E-state index is 12.9. The molecule has 0 fully saturated rings. The maximum absolute atomic E-state index is 12.9. The van der Waals surface area contributed by atoms with E-state index in [1.165, 1.54) is 17.4 Å². The van der Waals surface area contributed by atoms with E-state index < -0.39 is 23.3 Å². The Bertz CT molecular complexity index is 638. The molecule has 3 nitrogen and oxygen atoms in total. The summed E-state index contributed by atoms with van der Waals surface area (Å²) in [6, 6.07) is 6.99. The lowest BCUT2D eigenvalue weighted by atomic mass is 10.1. The number of nitrogens with zero attached hydrogens (tertiary/aromatic N) is 1. The Morgan fingerprint density at radius 1 is 1.33 bits per heavy atom. The van der Waals surface area contributed by atoms with Gasteiger partial charge in [-0.2, -0.15) is 13.2 Å². The highest BCUT2D eigenvalue weighted by Gasteiger charge is 2.35. The molecule has 112 valence electrons. The summed E-state index contributed by atoms with van der Waals surface area (Å²) in [5, 5.41) is 10.7. The van der Waals surface area contributed by atoms with E-state index in [1.807, 2.05) is 17.5 Å². The summed E-state index contributed by atoms with van der Waals surface area (Å²) in [7, 11) is 1.66. The van der Waals surface area contributed by atoms with Crippen molar-refractivity contribution in [2.75, 3.05) is 11.9 Å². The standard InChI is InChI=1S/C14H12F3NO2S/c1-18(8-10-3-2-6-21-10)9-4-5-11(13(19)20)12(7-9)14(15,16)17/h2-7H,8H2,1H3,(H,19,20). The third kappa shape index (κ3) is 3.55. The molecule has 0 spiro atoms. The number of benzene rings is 1. The van der Waals surface area contributed by atoms with E-state index >= 15 is 0 Å². The van der Waals surface area contributed by atoms with Crippen molar-refractivity contribution >= 4 is 23.0 Å². The SMILES string of the molecule is CN(Cc1cccs1)c1ccc(C(=O)O)c(C(F)(F)F)c1. The summed E-state index contributed by atoms with van der Waals surface area (Å²) < 4.78 is 38.8. The van der Waals surface area contributed by atoms with Crippen molar-refractivity contribution in [2.24, 2.45) is 0 Å². The van der Waals surface area contributed by atoms with Gasteiger partial charge in [0.1, 0.15) is 0 Å². The Morgan fingerprint density at radius 2 is 2.05 bits per heavy atom. The Morgan fingerprint density at radius 3 is 2.57 bits per heavy atom. The monoisotopic (exact) mass is 315 g/mol. The van der Waals surface area contributed by atoms with Crippen LogP contribution in [0.15, 0.2) is 35.7 Å². The molecule has 1 aromatic carbocycles. The third-order valence-electron chi connectivity index (χ3n) is 2.95. The van der Waals surface area contributed by atoms with E-state index in [0.717, 1.165) is 17.0 Å². The minimum atomic E-state index is -4.70. The van der Waals surface area contributed by atoms with Crippen molar-refractivity contribution in [3.63, 3.8) is 0 Å². The van der Waals surface area contributed by atoms with Crippen molar-refractivity contribution in [1.29, 1.82) is 0 Å². The smallest absolute Gasteiger partial charge is 0.417 e. The van der Waals surface area contributed by atoms with Gasteiger partial charge in [0.05, 0.1) is 17.7 Å². The zero-order valence-corrected chi connectivity index (χ0v) is 11.8. The van der Waals surface area contributed by atoms with Gasteiger partial charge < -0.3 is 10.0 Å². The van der Waals surface area contributed by atoms with Gasteiger partial charge in [0.2, 0.25) is 0 Å². The summed E-state index contributed by atoms with van der Waals surface area (Å²) in [5.41, 5.74) is -1.55. The van der Waals surface area contributed by atoms with E-state index in [4.69, 9.17) is 5.11 Å². The lowest BCUT2D eigenvalue weighted by Gasteiger charge is -2.20. The molecule has 2 aromatic rings. The first-order valence-electron chi connectivity index (χ1n) is 5.97. The van der Waals surface area contributed by atoms with Crippen LogP contribution >= 0.6 is 11.3 Å². The lowest BCUT2D eigenvalue weighted by Crippen LogP contribution is -2.18. The Hall–Kier alpha value is -2.02. The van der Waals surface area contributed by atoms with Crippen molar-refractivity contribution < 1.29 is 23.1 Å². The van der Waals surface area contributed by atoms with Crippen LogP contribution in [0.1, 0.15) is 20.8 Å². The predicted octanol–water partition coefficient (Wildman–Crippen LogP) is 4.10. The van der Waals surface area contributed by atoms with E-state index in [-0.39, 0.29) is 0 Å². The normalized spacial score (nSPS) is 11.4. The summed E-state index contributed by atoms with van der Waals surface area (Å²) in [6.07, 6.45) is -4.70. The fourth-order valence-electron chi connectivity index (χ4n) is 1.92. The molecule has 7 heteroatoms. The van der Waals surface area contributed by atoms with E-state index in [1.54, 1.807) is 11.9 Å². The van der Waals surface area contributed by atoms with Crippen molar-refractivity contribution in [1.82, 2.24) is 0 Å². The summed E-state index contributed by atoms with van der Waals surface area (Å²) in [4.78, 5) is 13.5. The number of carboxylic acid groups (broad SMARTS) is 1. The molecule has 0 saturated heterocycles. The molecule has 1 heterocycles. The average molecular weight is 315 g/mol. The number of rotatable bonds is 4. The predicted molar refractivity (Wildman–Crippen MR) is 74.8 cm³/mol. The maximum Gasteiger partial charge on any atom is 0.417 e. The topological polar surface area (TPSA) is 40.5 Å². The van der Waals surface area contributed by atoms with Crippen LogP contribution in [-0.4, -0.2) is 18.1 Å². The van der Waals surface area contributed by atoms with Crippen LogP contribution in [0, 0.1) is 0 Å². The van der Waals surface area contributed by atoms with E-state index in [2.05, 4.69) is 0 Å². The zero-order chi connectivity index (χ0) is 15.6. The van der Waals surface area contributed by atoms with Crippen molar-refractivity contribution in [2.45, 2.75) is 12.7 Å².